The fourth-order valence-electron chi connectivity index (χ4n) is 3.25. The lowest BCUT2D eigenvalue weighted by Gasteiger charge is -2.08. The van der Waals surface area contributed by atoms with Gasteiger partial charge >= 0.3 is 0 Å². The molecule has 2 aliphatic carbocycles. The van der Waals surface area contributed by atoms with E-state index in [4.69, 9.17) is 0 Å². The smallest absolute Gasteiger partial charge is 0.166 e. The molecule has 0 amide bonds. The first-order chi connectivity index (χ1) is 9.33. The molecule has 0 N–H and O–H groups in total. The molecule has 2 aliphatic rings. The Kier molecular flexibility index (Phi) is 2.47. The van der Waals surface area contributed by atoms with Crippen molar-refractivity contribution in [1.82, 2.24) is 9.55 Å². The first-order valence-electron chi connectivity index (χ1n) is 7.34. The van der Waals surface area contributed by atoms with Crippen LogP contribution < -0.4 is 0 Å². The van der Waals surface area contributed by atoms with Crippen molar-refractivity contribution < 1.29 is 4.79 Å². The van der Waals surface area contributed by atoms with Crippen molar-refractivity contribution in [2.75, 3.05) is 0 Å². The van der Waals surface area contributed by atoms with Gasteiger partial charge in [-0.3, -0.25) is 4.79 Å². The maximum Gasteiger partial charge on any atom is 0.166 e. The lowest BCUT2D eigenvalue weighted by molar-refractivity contribution is 0.0923. The molecule has 0 spiro atoms. The molecule has 0 unspecified atom stereocenters. The van der Waals surface area contributed by atoms with Crippen LogP contribution in [0.1, 0.15) is 54.9 Å². The summed E-state index contributed by atoms with van der Waals surface area (Å²) >= 11 is 0. The number of imidazole rings is 1. The minimum Gasteiger partial charge on any atom is -0.327 e. The van der Waals surface area contributed by atoms with E-state index in [-0.39, 0.29) is 5.92 Å². The van der Waals surface area contributed by atoms with Gasteiger partial charge in [0.2, 0.25) is 0 Å². The number of carbonyl (C=O) groups is 1. The summed E-state index contributed by atoms with van der Waals surface area (Å²) in [5.41, 5.74) is 2.99. The highest BCUT2D eigenvalue weighted by Crippen LogP contribution is 2.37. The van der Waals surface area contributed by atoms with Crippen LogP contribution >= 0.6 is 0 Å². The third-order valence-corrected chi connectivity index (χ3v) is 4.53. The van der Waals surface area contributed by atoms with E-state index in [1.165, 1.54) is 31.2 Å². The van der Waals surface area contributed by atoms with Gasteiger partial charge in [-0.25, -0.2) is 4.98 Å². The van der Waals surface area contributed by atoms with Crippen molar-refractivity contribution >= 4 is 16.8 Å². The van der Waals surface area contributed by atoms with Crippen molar-refractivity contribution in [2.45, 2.75) is 44.6 Å². The quantitative estimate of drug-likeness (QED) is 0.782. The number of hydrogen-bond acceptors (Lipinski definition) is 2. The summed E-state index contributed by atoms with van der Waals surface area (Å²) in [5, 5.41) is 0. The van der Waals surface area contributed by atoms with E-state index in [0.717, 1.165) is 23.9 Å². The second kappa shape index (κ2) is 4.19. The molecule has 2 saturated carbocycles. The number of aromatic nitrogens is 2. The van der Waals surface area contributed by atoms with Crippen LogP contribution in [0, 0.1) is 5.92 Å². The number of nitrogens with zero attached hydrogens (tertiary/aromatic N) is 2. The number of rotatable bonds is 3. The van der Waals surface area contributed by atoms with Crippen LogP contribution in [-0.2, 0) is 0 Å². The Bertz CT molecular complexity index is 633. The Hall–Kier alpha value is -1.64. The molecule has 0 saturated heterocycles. The average molecular weight is 254 g/mol. The SMILES string of the molecule is O=C(c1ccc2c(c1)ncn2C1CC1)C1CCCC1. The summed E-state index contributed by atoms with van der Waals surface area (Å²) in [4.78, 5) is 16.9. The minimum atomic E-state index is 0.253. The van der Waals surface area contributed by atoms with E-state index in [2.05, 4.69) is 15.6 Å². The van der Waals surface area contributed by atoms with Gasteiger partial charge in [0.25, 0.3) is 0 Å². The fraction of sp³-hybridized carbons (Fsp3) is 0.500. The van der Waals surface area contributed by atoms with Crippen molar-refractivity contribution in [3.05, 3.63) is 30.1 Å². The molecule has 98 valence electrons. The molecule has 3 nitrogen and oxygen atoms in total. The Balaban J connectivity index is 1.69. The van der Waals surface area contributed by atoms with Gasteiger partial charge in [0, 0.05) is 17.5 Å². The Labute approximate surface area is 112 Å². The van der Waals surface area contributed by atoms with Gasteiger partial charge in [0.15, 0.2) is 5.78 Å². The number of ketones is 1. The van der Waals surface area contributed by atoms with Crippen LogP contribution in [0.15, 0.2) is 24.5 Å². The molecule has 2 aromatic rings. The van der Waals surface area contributed by atoms with Crippen molar-refractivity contribution in [3.63, 3.8) is 0 Å². The number of hydrogen-bond donors (Lipinski definition) is 0. The van der Waals surface area contributed by atoms with Gasteiger partial charge in [0.05, 0.1) is 17.4 Å². The molecule has 1 heterocycles. The topological polar surface area (TPSA) is 34.9 Å². The van der Waals surface area contributed by atoms with Crippen molar-refractivity contribution in [3.8, 4) is 0 Å². The highest BCUT2D eigenvalue weighted by Gasteiger charge is 2.26. The molecule has 0 bridgehead atoms. The average Bonchev–Trinajstić information content (AvgIpc) is 2.99. The van der Waals surface area contributed by atoms with Crippen LogP contribution in [0.2, 0.25) is 0 Å². The van der Waals surface area contributed by atoms with Gasteiger partial charge in [-0.2, -0.15) is 0 Å². The van der Waals surface area contributed by atoms with Crippen LogP contribution in [0.3, 0.4) is 0 Å². The highest BCUT2D eigenvalue weighted by atomic mass is 16.1. The zero-order chi connectivity index (χ0) is 12.8. The third-order valence-electron chi connectivity index (χ3n) is 4.53. The van der Waals surface area contributed by atoms with Crippen LogP contribution in [0.5, 0.6) is 0 Å². The van der Waals surface area contributed by atoms with E-state index in [1.807, 2.05) is 18.5 Å². The third kappa shape index (κ3) is 1.88. The summed E-state index contributed by atoms with van der Waals surface area (Å²) in [7, 11) is 0. The Morgan fingerprint density at radius 1 is 1.16 bits per heavy atom. The second-order valence-electron chi connectivity index (χ2n) is 5.93. The van der Waals surface area contributed by atoms with Crippen molar-refractivity contribution in [1.29, 1.82) is 0 Å². The van der Waals surface area contributed by atoms with Gasteiger partial charge in [0.1, 0.15) is 0 Å². The predicted octanol–water partition coefficient (Wildman–Crippen LogP) is 3.74. The van der Waals surface area contributed by atoms with Crippen LogP contribution in [0.4, 0.5) is 0 Å². The number of fused-ring (bicyclic) bond motifs is 1. The molecule has 1 aromatic heterocycles. The summed E-state index contributed by atoms with van der Waals surface area (Å²) in [6, 6.07) is 6.68. The standard InChI is InChI=1S/C16H18N2O/c19-16(11-3-1-2-4-11)12-5-8-15-14(9-12)17-10-18(15)13-6-7-13/h5,8-11,13H,1-4,6-7H2. The van der Waals surface area contributed by atoms with Crippen LogP contribution in [-0.4, -0.2) is 15.3 Å². The number of benzene rings is 1. The summed E-state index contributed by atoms with van der Waals surface area (Å²) in [6.07, 6.45) is 8.97. The van der Waals surface area contributed by atoms with E-state index < -0.39 is 0 Å². The van der Waals surface area contributed by atoms with E-state index in [1.54, 1.807) is 0 Å². The normalized spacial score (nSPS) is 20.2. The Morgan fingerprint density at radius 3 is 2.68 bits per heavy atom. The lowest BCUT2D eigenvalue weighted by atomic mass is 9.96. The van der Waals surface area contributed by atoms with Gasteiger partial charge in [-0.05, 0) is 43.9 Å². The lowest BCUT2D eigenvalue weighted by Crippen LogP contribution is -2.10. The van der Waals surface area contributed by atoms with E-state index in [0.29, 0.717) is 11.8 Å². The van der Waals surface area contributed by atoms with Gasteiger partial charge < -0.3 is 4.57 Å². The molecule has 2 fully saturated rings. The maximum atomic E-state index is 12.4. The van der Waals surface area contributed by atoms with E-state index in [9.17, 15) is 4.79 Å². The summed E-state index contributed by atoms with van der Waals surface area (Å²) < 4.78 is 2.25. The molecule has 4 rings (SSSR count). The second-order valence-corrected chi connectivity index (χ2v) is 5.93. The largest absolute Gasteiger partial charge is 0.327 e. The van der Waals surface area contributed by atoms with Crippen molar-refractivity contribution in [2.24, 2.45) is 5.92 Å². The molecule has 3 heteroatoms. The maximum absolute atomic E-state index is 12.4. The molecule has 0 radical (unpaired) electrons. The molecule has 0 aliphatic heterocycles. The predicted molar refractivity (Wildman–Crippen MR) is 74.3 cm³/mol. The molecule has 1 aromatic carbocycles. The van der Waals surface area contributed by atoms with Gasteiger partial charge in [-0.15, -0.1) is 0 Å². The highest BCUT2D eigenvalue weighted by molar-refractivity contribution is 6.00. The monoisotopic (exact) mass is 254 g/mol. The number of carbonyl (C=O) groups excluding carboxylic acids is 1. The molecule has 0 atom stereocenters. The van der Waals surface area contributed by atoms with Gasteiger partial charge in [-0.1, -0.05) is 12.8 Å². The fourth-order valence-corrected chi connectivity index (χ4v) is 3.25. The molecule has 19 heavy (non-hydrogen) atoms. The molecular weight excluding hydrogens is 236 g/mol. The Morgan fingerprint density at radius 2 is 1.95 bits per heavy atom. The van der Waals surface area contributed by atoms with E-state index >= 15 is 0 Å². The first-order valence-corrected chi connectivity index (χ1v) is 7.34. The molecular formula is C16H18N2O. The zero-order valence-electron chi connectivity index (χ0n) is 11.0. The van der Waals surface area contributed by atoms with Crippen LogP contribution in [0.25, 0.3) is 11.0 Å². The number of Topliss-reactive ketones (excluding diaryl/α,β-unsaturated/α-hetero) is 1. The summed E-state index contributed by atoms with van der Waals surface area (Å²) in [5.74, 6) is 0.573. The summed E-state index contributed by atoms with van der Waals surface area (Å²) in [6.45, 7) is 0. The minimum absolute atomic E-state index is 0.253. The first kappa shape index (κ1) is 11.2. The zero-order valence-corrected chi connectivity index (χ0v) is 11.0.